The molecule has 158 valence electrons. The summed E-state index contributed by atoms with van der Waals surface area (Å²) in [6, 6.07) is 13.6. The molecule has 1 saturated heterocycles. The van der Waals surface area contributed by atoms with Crippen LogP contribution in [0.25, 0.3) is 10.2 Å². The fourth-order valence-corrected chi connectivity index (χ4v) is 4.57. The zero-order chi connectivity index (χ0) is 20.9. The van der Waals surface area contributed by atoms with Crippen molar-refractivity contribution < 1.29 is 14.3 Å². The van der Waals surface area contributed by atoms with E-state index in [4.69, 9.17) is 14.5 Å². The van der Waals surface area contributed by atoms with Crippen molar-refractivity contribution in [3.8, 4) is 5.75 Å². The largest absolute Gasteiger partial charge is 0.494 e. The minimum atomic E-state index is -0.0175. The first-order chi connectivity index (χ1) is 14.6. The number of ether oxygens (including phenoxy) is 2. The monoisotopic (exact) mass is 425 g/mol. The molecule has 0 aliphatic carbocycles. The summed E-state index contributed by atoms with van der Waals surface area (Å²) in [5.74, 6) is 0.807. The quantitative estimate of drug-likeness (QED) is 0.573. The first-order valence-corrected chi connectivity index (χ1v) is 11.2. The lowest BCUT2D eigenvalue weighted by atomic mass is 10.1. The molecule has 2 heterocycles. The van der Waals surface area contributed by atoms with Crippen molar-refractivity contribution in [3.05, 3.63) is 53.6 Å². The lowest BCUT2D eigenvalue weighted by molar-refractivity contribution is 0.0391. The Balaban J connectivity index is 1.63. The number of benzene rings is 2. The number of fused-ring (bicyclic) bond motifs is 1. The fraction of sp³-hybridized carbons (Fsp3) is 0.391. The van der Waals surface area contributed by atoms with Gasteiger partial charge in [-0.3, -0.25) is 14.6 Å². The molecule has 1 fully saturated rings. The molecule has 0 unspecified atom stereocenters. The van der Waals surface area contributed by atoms with Crippen LogP contribution in [0.2, 0.25) is 0 Å². The summed E-state index contributed by atoms with van der Waals surface area (Å²) in [6.07, 6.45) is 0. The minimum Gasteiger partial charge on any atom is -0.494 e. The summed E-state index contributed by atoms with van der Waals surface area (Å²) in [5.41, 5.74) is 2.64. The molecule has 0 spiro atoms. The topological polar surface area (TPSA) is 54.9 Å². The van der Waals surface area contributed by atoms with Gasteiger partial charge in [0.15, 0.2) is 5.13 Å². The molecule has 4 rings (SSSR count). The van der Waals surface area contributed by atoms with Crippen LogP contribution in [0.4, 0.5) is 5.13 Å². The highest BCUT2D eigenvalue weighted by atomic mass is 32.1. The van der Waals surface area contributed by atoms with Crippen molar-refractivity contribution in [3.63, 3.8) is 0 Å². The lowest BCUT2D eigenvalue weighted by Gasteiger charge is -2.29. The second-order valence-electron chi connectivity index (χ2n) is 7.34. The van der Waals surface area contributed by atoms with Gasteiger partial charge >= 0.3 is 0 Å². The van der Waals surface area contributed by atoms with Crippen LogP contribution in [0.15, 0.2) is 42.5 Å². The van der Waals surface area contributed by atoms with Crippen LogP contribution < -0.4 is 9.64 Å². The Morgan fingerprint density at radius 1 is 1.23 bits per heavy atom. The fourth-order valence-electron chi connectivity index (χ4n) is 3.55. The Morgan fingerprint density at radius 2 is 2.07 bits per heavy atom. The number of nitrogens with zero attached hydrogens (tertiary/aromatic N) is 3. The Kier molecular flexibility index (Phi) is 6.62. The SMILES string of the molecule is CCOc1ccc2nc(N(CCN3CCOCC3)C(=O)c3cccc(C)c3)sc2c1. The van der Waals surface area contributed by atoms with Gasteiger partial charge in [0.05, 0.1) is 30.0 Å². The number of carbonyl (C=O) groups is 1. The summed E-state index contributed by atoms with van der Waals surface area (Å²) in [4.78, 5) is 22.4. The standard InChI is InChI=1S/C23H27N3O3S/c1-3-29-19-7-8-20-21(16-19)30-23(24-20)26(10-9-25-11-13-28-14-12-25)22(27)18-6-4-5-17(2)15-18/h4-8,15-16H,3,9-14H2,1-2H3. The number of morpholine rings is 1. The van der Waals surface area contributed by atoms with Crippen molar-refractivity contribution in [2.75, 3.05) is 50.9 Å². The number of rotatable bonds is 7. The van der Waals surface area contributed by atoms with Crippen molar-refractivity contribution in [2.45, 2.75) is 13.8 Å². The summed E-state index contributed by atoms with van der Waals surface area (Å²) >= 11 is 1.53. The molecule has 6 nitrogen and oxygen atoms in total. The average Bonchev–Trinajstić information content (AvgIpc) is 3.18. The molecule has 3 aromatic rings. The van der Waals surface area contributed by atoms with Crippen LogP contribution in [0, 0.1) is 6.92 Å². The van der Waals surface area contributed by atoms with Gasteiger partial charge in [-0.05, 0) is 44.2 Å². The van der Waals surface area contributed by atoms with Gasteiger partial charge in [0, 0.05) is 31.7 Å². The molecule has 30 heavy (non-hydrogen) atoms. The van der Waals surface area contributed by atoms with Crippen LogP contribution in [-0.2, 0) is 4.74 Å². The van der Waals surface area contributed by atoms with Crippen LogP contribution >= 0.6 is 11.3 Å². The highest BCUT2D eigenvalue weighted by molar-refractivity contribution is 7.22. The van der Waals surface area contributed by atoms with Crippen molar-refractivity contribution >= 4 is 32.6 Å². The zero-order valence-electron chi connectivity index (χ0n) is 17.5. The van der Waals surface area contributed by atoms with Gasteiger partial charge in [-0.2, -0.15) is 0 Å². The molecule has 0 radical (unpaired) electrons. The normalized spacial score (nSPS) is 14.7. The molecule has 0 atom stereocenters. The maximum absolute atomic E-state index is 13.4. The summed E-state index contributed by atoms with van der Waals surface area (Å²) in [7, 11) is 0. The number of thiazole rings is 1. The van der Waals surface area contributed by atoms with Gasteiger partial charge in [-0.25, -0.2) is 4.98 Å². The van der Waals surface area contributed by atoms with E-state index in [2.05, 4.69) is 4.90 Å². The first kappa shape index (κ1) is 20.8. The third-order valence-corrected chi connectivity index (χ3v) is 6.19. The molecule has 2 aromatic carbocycles. The smallest absolute Gasteiger partial charge is 0.260 e. The molecule has 1 amide bonds. The molecular weight excluding hydrogens is 398 g/mol. The van der Waals surface area contributed by atoms with Gasteiger partial charge in [0.25, 0.3) is 5.91 Å². The summed E-state index contributed by atoms with van der Waals surface area (Å²) in [6.45, 7) is 9.24. The van der Waals surface area contributed by atoms with Crippen molar-refractivity contribution in [2.24, 2.45) is 0 Å². The van der Waals surface area contributed by atoms with Gasteiger partial charge in [-0.15, -0.1) is 0 Å². The zero-order valence-corrected chi connectivity index (χ0v) is 18.3. The van der Waals surface area contributed by atoms with Crippen LogP contribution in [-0.4, -0.2) is 61.8 Å². The predicted molar refractivity (Wildman–Crippen MR) is 121 cm³/mol. The Labute approximate surface area is 181 Å². The number of anilines is 1. The molecule has 1 aliphatic rings. The predicted octanol–water partition coefficient (Wildman–Crippen LogP) is 3.98. The summed E-state index contributed by atoms with van der Waals surface area (Å²) < 4.78 is 12.1. The molecule has 0 saturated carbocycles. The van der Waals surface area contributed by atoms with E-state index < -0.39 is 0 Å². The highest BCUT2D eigenvalue weighted by Crippen LogP contribution is 2.32. The second kappa shape index (κ2) is 9.55. The number of carbonyl (C=O) groups excluding carboxylic acids is 1. The molecule has 0 N–H and O–H groups in total. The van der Waals surface area contributed by atoms with Crippen molar-refractivity contribution in [1.82, 2.24) is 9.88 Å². The lowest BCUT2D eigenvalue weighted by Crippen LogP contribution is -2.43. The van der Waals surface area contributed by atoms with Gasteiger partial charge in [-0.1, -0.05) is 29.0 Å². The first-order valence-electron chi connectivity index (χ1n) is 10.4. The molecule has 7 heteroatoms. The van der Waals surface area contributed by atoms with Gasteiger partial charge in [0.1, 0.15) is 5.75 Å². The van der Waals surface area contributed by atoms with Crippen LogP contribution in [0.3, 0.4) is 0 Å². The van der Waals surface area contributed by atoms with Gasteiger partial charge < -0.3 is 9.47 Å². The van der Waals surface area contributed by atoms with Crippen LogP contribution in [0.1, 0.15) is 22.8 Å². The van der Waals surface area contributed by atoms with E-state index in [1.54, 1.807) is 0 Å². The summed E-state index contributed by atoms with van der Waals surface area (Å²) in [5, 5.41) is 0.721. The maximum atomic E-state index is 13.4. The second-order valence-corrected chi connectivity index (χ2v) is 8.35. The van der Waals surface area contributed by atoms with E-state index in [1.807, 2.05) is 61.2 Å². The Bertz CT molecular complexity index is 1010. The van der Waals surface area contributed by atoms with E-state index in [0.717, 1.165) is 59.5 Å². The Hall–Kier alpha value is -2.48. The van der Waals surface area contributed by atoms with Crippen LogP contribution in [0.5, 0.6) is 5.75 Å². The van der Waals surface area contributed by atoms with E-state index >= 15 is 0 Å². The third-order valence-electron chi connectivity index (χ3n) is 5.14. The number of amides is 1. The third kappa shape index (κ3) is 4.80. The van der Waals surface area contributed by atoms with E-state index in [-0.39, 0.29) is 5.91 Å². The molecule has 1 aliphatic heterocycles. The molecule has 1 aromatic heterocycles. The van der Waals surface area contributed by atoms with Gasteiger partial charge in [0.2, 0.25) is 0 Å². The Morgan fingerprint density at radius 3 is 2.83 bits per heavy atom. The number of aromatic nitrogens is 1. The van der Waals surface area contributed by atoms with Crippen molar-refractivity contribution in [1.29, 1.82) is 0 Å². The number of hydrogen-bond donors (Lipinski definition) is 0. The molecule has 0 bridgehead atoms. The average molecular weight is 426 g/mol. The number of aryl methyl sites for hydroxylation is 1. The van der Waals surface area contributed by atoms with E-state index in [1.165, 1.54) is 11.3 Å². The minimum absolute atomic E-state index is 0.0175. The number of hydrogen-bond acceptors (Lipinski definition) is 6. The highest BCUT2D eigenvalue weighted by Gasteiger charge is 2.23. The maximum Gasteiger partial charge on any atom is 0.260 e. The van der Waals surface area contributed by atoms with E-state index in [9.17, 15) is 4.79 Å². The van der Waals surface area contributed by atoms with E-state index in [0.29, 0.717) is 18.7 Å². The molecular formula is C23H27N3O3S.